The van der Waals surface area contributed by atoms with E-state index in [0.29, 0.717) is 0 Å². The molecule has 1 aromatic heterocycles. The highest BCUT2D eigenvalue weighted by Gasteiger charge is 2.00. The van der Waals surface area contributed by atoms with Crippen molar-refractivity contribution in [1.82, 2.24) is 4.57 Å². The van der Waals surface area contributed by atoms with Gasteiger partial charge in [0, 0.05) is 16.0 Å². The molecule has 0 aliphatic heterocycles. The van der Waals surface area contributed by atoms with E-state index in [1.54, 1.807) is 0 Å². The lowest BCUT2D eigenvalue weighted by Crippen LogP contribution is -1.84. The Kier molecular flexibility index (Phi) is 3.19. The maximum atomic E-state index is 2.38. The summed E-state index contributed by atoms with van der Waals surface area (Å²) in [6.45, 7) is 0. The van der Waals surface area contributed by atoms with Gasteiger partial charge >= 0.3 is 0 Å². The maximum Gasteiger partial charge on any atom is 0.0522 e. The van der Waals surface area contributed by atoms with Crippen LogP contribution in [-0.2, 0) is 0 Å². The Morgan fingerprint density at radius 1 is 0.889 bits per heavy atom. The Hall–Kier alpha value is -1.55. The molecule has 0 spiro atoms. The fourth-order valence-corrected chi connectivity index (χ4v) is 2.67. The zero-order valence-corrected chi connectivity index (χ0v) is 11.9. The summed E-state index contributed by atoms with van der Waals surface area (Å²) < 4.78 is 3.40. The predicted octanol–water partition coefficient (Wildman–Crippen LogP) is 5.03. The summed E-state index contributed by atoms with van der Waals surface area (Å²) in [5, 5.41) is 1.27. The first-order valence-electron chi connectivity index (χ1n) is 5.83. The van der Waals surface area contributed by atoms with Crippen LogP contribution >= 0.6 is 22.6 Å². The Bertz CT molecular complexity index is 695. The number of aromatic nitrogens is 1. The van der Waals surface area contributed by atoms with Crippen LogP contribution in [0, 0.1) is 0 Å². The van der Waals surface area contributed by atoms with Crippen molar-refractivity contribution in [3.63, 3.8) is 0 Å². The molecule has 0 fully saturated rings. The van der Waals surface area contributed by atoms with Gasteiger partial charge in [0.25, 0.3) is 0 Å². The largest absolute Gasteiger partial charge is 0.322 e. The molecular formula is C16H12IN. The van der Waals surface area contributed by atoms with Gasteiger partial charge in [0.05, 0.1) is 5.52 Å². The molecule has 0 atom stereocenters. The number of hydrogen-bond acceptors (Lipinski definition) is 0. The minimum absolute atomic E-state index is 1.23. The molecule has 0 aliphatic carbocycles. The second-order valence-corrected chi connectivity index (χ2v) is 5.29. The van der Waals surface area contributed by atoms with Crippen LogP contribution in [0.4, 0.5) is 0 Å². The SMILES string of the molecule is IC(=Cn1ccc2ccccc21)c1ccccc1. The first-order chi connectivity index (χ1) is 8.84. The van der Waals surface area contributed by atoms with Crippen LogP contribution in [0.15, 0.2) is 66.9 Å². The highest BCUT2D eigenvalue weighted by atomic mass is 127. The molecule has 0 bridgehead atoms. The molecule has 0 saturated carbocycles. The molecule has 0 unspecified atom stereocenters. The van der Waals surface area contributed by atoms with Gasteiger partial charge in [-0.25, -0.2) is 0 Å². The van der Waals surface area contributed by atoms with E-state index in [9.17, 15) is 0 Å². The summed E-state index contributed by atoms with van der Waals surface area (Å²) in [5.41, 5.74) is 2.48. The lowest BCUT2D eigenvalue weighted by atomic mass is 10.2. The van der Waals surface area contributed by atoms with Crippen molar-refractivity contribution >= 4 is 43.3 Å². The van der Waals surface area contributed by atoms with E-state index in [2.05, 4.69) is 94.2 Å². The van der Waals surface area contributed by atoms with Gasteiger partial charge in [-0.3, -0.25) is 0 Å². The molecule has 1 heterocycles. The van der Waals surface area contributed by atoms with Crippen molar-refractivity contribution in [3.8, 4) is 0 Å². The first-order valence-corrected chi connectivity index (χ1v) is 6.91. The molecule has 3 aromatic rings. The van der Waals surface area contributed by atoms with Gasteiger partial charge in [0.15, 0.2) is 0 Å². The van der Waals surface area contributed by atoms with Crippen LogP contribution in [0.2, 0.25) is 0 Å². The van der Waals surface area contributed by atoms with E-state index < -0.39 is 0 Å². The van der Waals surface area contributed by atoms with E-state index in [4.69, 9.17) is 0 Å². The van der Waals surface area contributed by atoms with Crippen LogP contribution in [0.5, 0.6) is 0 Å². The van der Waals surface area contributed by atoms with Crippen molar-refractivity contribution in [2.75, 3.05) is 0 Å². The third-order valence-electron chi connectivity index (χ3n) is 2.93. The maximum absolute atomic E-state index is 2.38. The Morgan fingerprint density at radius 3 is 2.44 bits per heavy atom. The highest BCUT2D eigenvalue weighted by molar-refractivity contribution is 14.1. The van der Waals surface area contributed by atoms with Crippen LogP contribution < -0.4 is 0 Å². The second kappa shape index (κ2) is 4.98. The van der Waals surface area contributed by atoms with Crippen molar-refractivity contribution in [3.05, 3.63) is 72.4 Å². The predicted molar refractivity (Wildman–Crippen MR) is 86.6 cm³/mol. The monoisotopic (exact) mass is 345 g/mol. The molecule has 1 nitrogen and oxygen atoms in total. The standard InChI is InChI=1S/C16H12IN/c17-15(13-6-2-1-3-7-13)12-18-11-10-14-8-4-5-9-16(14)18/h1-12H. The number of fused-ring (bicyclic) bond motifs is 1. The Balaban J connectivity index is 2.06. The average Bonchev–Trinajstić information content (AvgIpc) is 2.83. The van der Waals surface area contributed by atoms with E-state index in [1.165, 1.54) is 20.0 Å². The fourth-order valence-electron chi connectivity index (χ4n) is 2.01. The highest BCUT2D eigenvalue weighted by Crippen LogP contribution is 2.24. The molecule has 0 saturated heterocycles. The lowest BCUT2D eigenvalue weighted by Gasteiger charge is -2.02. The molecule has 0 N–H and O–H groups in total. The first kappa shape index (κ1) is 11.5. The molecule has 2 aromatic carbocycles. The van der Waals surface area contributed by atoms with Crippen LogP contribution in [0.1, 0.15) is 5.56 Å². The number of rotatable bonds is 2. The summed E-state index contributed by atoms with van der Waals surface area (Å²) >= 11 is 2.38. The number of nitrogens with zero attached hydrogens (tertiary/aromatic N) is 1. The number of hydrogen-bond donors (Lipinski definition) is 0. The normalized spacial score (nSPS) is 11.9. The molecule has 0 aliphatic rings. The minimum atomic E-state index is 1.23. The van der Waals surface area contributed by atoms with Gasteiger partial charge in [-0.2, -0.15) is 0 Å². The van der Waals surface area contributed by atoms with Crippen LogP contribution in [0.25, 0.3) is 20.7 Å². The average molecular weight is 345 g/mol. The second-order valence-electron chi connectivity index (χ2n) is 4.12. The van der Waals surface area contributed by atoms with Gasteiger partial charge < -0.3 is 4.57 Å². The summed E-state index contributed by atoms with van der Waals surface area (Å²) in [6.07, 6.45) is 4.27. The van der Waals surface area contributed by atoms with Gasteiger partial charge in [-0.05, 0) is 45.7 Å². The van der Waals surface area contributed by atoms with Gasteiger partial charge in [0.1, 0.15) is 0 Å². The topological polar surface area (TPSA) is 4.93 Å². The fraction of sp³-hybridized carbons (Fsp3) is 0. The summed E-state index contributed by atoms with van der Waals surface area (Å²) in [4.78, 5) is 0. The zero-order chi connectivity index (χ0) is 12.4. The molecule has 2 heteroatoms. The van der Waals surface area contributed by atoms with E-state index in [-0.39, 0.29) is 0 Å². The van der Waals surface area contributed by atoms with Crippen LogP contribution in [-0.4, -0.2) is 4.57 Å². The van der Waals surface area contributed by atoms with Crippen molar-refractivity contribution in [1.29, 1.82) is 0 Å². The summed E-state index contributed by atoms with van der Waals surface area (Å²) in [6, 6.07) is 21.0. The smallest absolute Gasteiger partial charge is 0.0522 e. The number of halogens is 1. The Labute approximate surface area is 120 Å². The molecule has 0 radical (unpaired) electrons. The van der Waals surface area contributed by atoms with E-state index >= 15 is 0 Å². The molecular weight excluding hydrogens is 333 g/mol. The molecule has 18 heavy (non-hydrogen) atoms. The summed E-state index contributed by atoms with van der Waals surface area (Å²) in [7, 11) is 0. The van der Waals surface area contributed by atoms with Crippen LogP contribution in [0.3, 0.4) is 0 Å². The lowest BCUT2D eigenvalue weighted by molar-refractivity contribution is 1.23. The summed E-state index contributed by atoms with van der Waals surface area (Å²) in [5.74, 6) is 0. The van der Waals surface area contributed by atoms with Gasteiger partial charge in [-0.1, -0.05) is 48.5 Å². The Morgan fingerprint density at radius 2 is 1.61 bits per heavy atom. The van der Waals surface area contributed by atoms with Crippen molar-refractivity contribution in [2.45, 2.75) is 0 Å². The third-order valence-corrected chi connectivity index (χ3v) is 3.83. The van der Waals surface area contributed by atoms with Gasteiger partial charge in [0.2, 0.25) is 0 Å². The number of benzene rings is 2. The minimum Gasteiger partial charge on any atom is -0.322 e. The van der Waals surface area contributed by atoms with Crippen molar-refractivity contribution in [2.24, 2.45) is 0 Å². The van der Waals surface area contributed by atoms with Crippen molar-refractivity contribution < 1.29 is 0 Å². The molecule has 3 rings (SSSR count). The molecule has 0 amide bonds. The number of para-hydroxylation sites is 1. The van der Waals surface area contributed by atoms with Gasteiger partial charge in [-0.15, -0.1) is 0 Å². The molecule has 88 valence electrons. The van der Waals surface area contributed by atoms with E-state index in [1.807, 2.05) is 6.07 Å². The zero-order valence-electron chi connectivity index (χ0n) is 9.75. The van der Waals surface area contributed by atoms with E-state index in [0.717, 1.165) is 0 Å². The third kappa shape index (κ3) is 2.20. The quantitative estimate of drug-likeness (QED) is 0.574.